The van der Waals surface area contributed by atoms with Crippen LogP contribution in [0.5, 0.6) is 17.2 Å². The number of hydrogen-bond acceptors (Lipinski definition) is 7. The molecule has 0 spiro atoms. The van der Waals surface area contributed by atoms with E-state index in [1.54, 1.807) is 19.9 Å². The van der Waals surface area contributed by atoms with E-state index in [9.17, 15) is 25.2 Å². The molecule has 5 atom stereocenters. The fraction of sp³-hybridized carbons (Fsp3) is 0.588. The summed E-state index contributed by atoms with van der Waals surface area (Å²) in [6.45, 7) is 4.15. The first-order valence-corrected chi connectivity index (χ1v) is 8.41. The molecule has 0 radical (unpaired) electrons. The first kappa shape index (κ1) is 17.8. The minimum Gasteiger partial charge on any atom is -0.504 e. The number of carbonyl (C=O) groups excluding carboxylic acids is 1. The van der Waals surface area contributed by atoms with Gasteiger partial charge in [0.1, 0.15) is 12.2 Å². The van der Waals surface area contributed by atoms with E-state index in [1.807, 2.05) is 0 Å². The fourth-order valence-electron chi connectivity index (χ4n) is 3.68. The van der Waals surface area contributed by atoms with Crippen LogP contribution in [0.15, 0.2) is 6.07 Å². The van der Waals surface area contributed by atoms with Gasteiger partial charge in [-0.05, 0) is 31.9 Å². The van der Waals surface area contributed by atoms with Crippen molar-refractivity contribution in [3.63, 3.8) is 0 Å². The molecule has 0 unspecified atom stereocenters. The molecule has 8 nitrogen and oxygen atoms in total. The summed E-state index contributed by atoms with van der Waals surface area (Å²) < 4.78 is 11.0. The first-order chi connectivity index (χ1) is 11.9. The van der Waals surface area contributed by atoms with E-state index in [2.05, 4.69) is 5.32 Å². The lowest BCUT2D eigenvalue weighted by molar-refractivity contribution is -0.104. The van der Waals surface area contributed by atoms with Gasteiger partial charge in [-0.2, -0.15) is 0 Å². The highest BCUT2D eigenvalue weighted by molar-refractivity contribution is 6.01. The van der Waals surface area contributed by atoms with Gasteiger partial charge in [0.25, 0.3) is 5.91 Å². The third kappa shape index (κ3) is 2.80. The molecule has 1 aliphatic heterocycles. The second kappa shape index (κ2) is 6.70. The Labute approximate surface area is 145 Å². The molecule has 0 bridgehead atoms. The van der Waals surface area contributed by atoms with Crippen LogP contribution in [0.25, 0.3) is 0 Å². The number of aliphatic hydroxyl groups excluding tert-OH is 3. The molecule has 2 aliphatic rings. The predicted octanol–water partition coefficient (Wildman–Crippen LogP) is -0.128. The zero-order valence-electron chi connectivity index (χ0n) is 14.1. The zero-order chi connectivity index (χ0) is 18.3. The van der Waals surface area contributed by atoms with E-state index in [1.165, 1.54) is 0 Å². The number of benzene rings is 1. The van der Waals surface area contributed by atoms with Crippen molar-refractivity contribution in [2.24, 2.45) is 0 Å². The number of nitrogens with one attached hydrogen (secondary N) is 1. The van der Waals surface area contributed by atoms with Gasteiger partial charge in [0, 0.05) is 5.92 Å². The lowest BCUT2D eigenvalue weighted by atomic mass is 9.72. The lowest BCUT2D eigenvalue weighted by Crippen LogP contribution is -2.61. The summed E-state index contributed by atoms with van der Waals surface area (Å²) in [6.07, 6.45) is -3.65. The number of ether oxygens (including phenoxy) is 2. The van der Waals surface area contributed by atoms with Crippen LogP contribution in [0.4, 0.5) is 0 Å². The summed E-state index contributed by atoms with van der Waals surface area (Å²) in [7, 11) is 0. The minimum absolute atomic E-state index is 0.0453. The highest BCUT2D eigenvalue weighted by Gasteiger charge is 2.48. The molecule has 1 aromatic rings. The Hall–Kier alpha value is -2.03. The van der Waals surface area contributed by atoms with E-state index in [0.717, 1.165) is 0 Å². The molecule has 0 saturated heterocycles. The molecule has 1 aromatic carbocycles. The molecule has 5 N–H and O–H groups in total. The van der Waals surface area contributed by atoms with E-state index in [4.69, 9.17) is 9.47 Å². The van der Waals surface area contributed by atoms with Gasteiger partial charge in [-0.1, -0.05) is 0 Å². The Morgan fingerprint density at radius 3 is 2.48 bits per heavy atom. The van der Waals surface area contributed by atoms with E-state index in [0.29, 0.717) is 17.9 Å². The molecule has 1 saturated carbocycles. The molecule has 138 valence electrons. The van der Waals surface area contributed by atoms with E-state index < -0.39 is 36.2 Å². The molecule has 1 heterocycles. The Morgan fingerprint density at radius 2 is 1.84 bits per heavy atom. The molecule has 1 aliphatic carbocycles. The van der Waals surface area contributed by atoms with Gasteiger partial charge in [0.2, 0.25) is 5.75 Å². The van der Waals surface area contributed by atoms with Crippen LogP contribution in [-0.4, -0.2) is 63.9 Å². The van der Waals surface area contributed by atoms with Crippen LogP contribution < -0.4 is 14.8 Å². The highest BCUT2D eigenvalue weighted by Crippen LogP contribution is 2.48. The highest BCUT2D eigenvalue weighted by atomic mass is 16.5. The summed E-state index contributed by atoms with van der Waals surface area (Å²) in [6, 6.07) is 0.849. The Morgan fingerprint density at radius 1 is 1.16 bits per heavy atom. The van der Waals surface area contributed by atoms with Crippen molar-refractivity contribution in [1.29, 1.82) is 0 Å². The van der Waals surface area contributed by atoms with Gasteiger partial charge in [-0.3, -0.25) is 4.79 Å². The molecule has 0 aromatic heterocycles. The summed E-state index contributed by atoms with van der Waals surface area (Å²) in [4.78, 5) is 12.5. The van der Waals surface area contributed by atoms with Gasteiger partial charge < -0.3 is 35.2 Å². The number of rotatable bonds is 4. The average molecular weight is 353 g/mol. The molecular formula is C17H23NO7. The number of aliphatic hydroxyl groups is 3. The lowest BCUT2D eigenvalue weighted by Gasteiger charge is -2.44. The number of hydrogen-bond donors (Lipinski definition) is 5. The molecule has 1 amide bonds. The third-order valence-corrected chi connectivity index (χ3v) is 4.80. The molecule has 3 rings (SSSR count). The van der Waals surface area contributed by atoms with Crippen molar-refractivity contribution in [3.8, 4) is 17.2 Å². The number of aromatic hydroxyl groups is 1. The molecule has 8 heteroatoms. The third-order valence-electron chi connectivity index (χ3n) is 4.80. The monoisotopic (exact) mass is 353 g/mol. The van der Waals surface area contributed by atoms with Crippen molar-refractivity contribution < 1.29 is 34.7 Å². The number of fused-ring (bicyclic) bond motifs is 3. The van der Waals surface area contributed by atoms with Crippen molar-refractivity contribution in [2.45, 2.75) is 50.5 Å². The summed E-state index contributed by atoms with van der Waals surface area (Å²) in [5.41, 5.74) is 0.507. The van der Waals surface area contributed by atoms with Gasteiger partial charge in [-0.15, -0.1) is 0 Å². The quantitative estimate of drug-likeness (QED) is 0.510. The summed E-state index contributed by atoms with van der Waals surface area (Å²) >= 11 is 0. The normalized spacial score (nSPS) is 30.9. The maximum atomic E-state index is 12.5. The standard InChI is InChI=1S/C17H23NO7/c1-3-24-10-6-7-8-5-9(19)13(20)15(22)12(8)18-17(23)11(7)14(21)16(10)25-4-2/h6,8-9,12-13,15,19-22H,3-5H2,1-2H3,(H,18,23)/t8-,9+,12-,13-,15+/m0/s1. The van der Waals surface area contributed by atoms with Crippen LogP contribution in [0.3, 0.4) is 0 Å². The minimum atomic E-state index is -1.34. The maximum absolute atomic E-state index is 12.5. The van der Waals surface area contributed by atoms with Crippen LogP contribution in [0, 0.1) is 0 Å². The predicted molar refractivity (Wildman–Crippen MR) is 87.1 cm³/mol. The van der Waals surface area contributed by atoms with E-state index >= 15 is 0 Å². The number of phenols is 1. The topological polar surface area (TPSA) is 128 Å². The van der Waals surface area contributed by atoms with Gasteiger partial charge >= 0.3 is 0 Å². The van der Waals surface area contributed by atoms with Crippen molar-refractivity contribution in [2.75, 3.05) is 13.2 Å². The second-order valence-corrected chi connectivity index (χ2v) is 6.27. The Kier molecular flexibility index (Phi) is 4.77. The fourth-order valence-corrected chi connectivity index (χ4v) is 3.68. The second-order valence-electron chi connectivity index (χ2n) is 6.27. The number of phenolic OH excluding ortho intramolecular Hbond substituents is 1. The van der Waals surface area contributed by atoms with Crippen LogP contribution in [0.2, 0.25) is 0 Å². The van der Waals surface area contributed by atoms with Gasteiger partial charge in [-0.25, -0.2) is 0 Å². The van der Waals surface area contributed by atoms with Crippen LogP contribution >= 0.6 is 0 Å². The van der Waals surface area contributed by atoms with Crippen LogP contribution in [0.1, 0.15) is 42.1 Å². The first-order valence-electron chi connectivity index (χ1n) is 8.41. The van der Waals surface area contributed by atoms with Gasteiger partial charge in [0.15, 0.2) is 11.5 Å². The number of carbonyl (C=O) groups is 1. The molecular weight excluding hydrogens is 330 g/mol. The molecule has 1 fully saturated rings. The van der Waals surface area contributed by atoms with Crippen LogP contribution in [-0.2, 0) is 0 Å². The maximum Gasteiger partial charge on any atom is 0.255 e. The van der Waals surface area contributed by atoms with Gasteiger partial charge in [0.05, 0.1) is 30.9 Å². The SMILES string of the molecule is CCOc1cc2c(c(O)c1OCC)C(=O)N[C@@H]1[C@@H](O)[C@@H](O)[C@H](O)C[C@@H]21. The smallest absolute Gasteiger partial charge is 0.255 e. The van der Waals surface area contributed by atoms with Crippen molar-refractivity contribution >= 4 is 5.91 Å². The van der Waals surface area contributed by atoms with E-state index in [-0.39, 0.29) is 30.1 Å². The summed E-state index contributed by atoms with van der Waals surface area (Å²) in [5, 5.41) is 43.3. The number of amides is 1. The van der Waals surface area contributed by atoms with Crippen molar-refractivity contribution in [3.05, 3.63) is 17.2 Å². The van der Waals surface area contributed by atoms with Crippen molar-refractivity contribution in [1.82, 2.24) is 5.32 Å². The zero-order valence-corrected chi connectivity index (χ0v) is 14.1. The summed E-state index contributed by atoms with van der Waals surface area (Å²) in [5.74, 6) is -0.978. The molecule has 25 heavy (non-hydrogen) atoms. The largest absolute Gasteiger partial charge is 0.504 e. The average Bonchev–Trinajstić information content (AvgIpc) is 2.57. The Bertz CT molecular complexity index is 677. The Balaban J connectivity index is 2.14.